The summed E-state index contributed by atoms with van der Waals surface area (Å²) < 4.78 is 10.0. The van der Waals surface area contributed by atoms with Crippen molar-refractivity contribution in [3.63, 3.8) is 0 Å². The lowest BCUT2D eigenvalue weighted by Crippen LogP contribution is -2.42. The Hall–Kier alpha value is -3.37. The quantitative estimate of drug-likeness (QED) is 0.666. The standard InChI is InChI=1S/C18H23N5O6.C2H6/c1-18(2,3)29-17(27)23-6-4-5-10(8-23)14-21-12(13(24)16(26)22-14)15(25)20-11-7-19-28-9-11;1-2/h7,9-10,24H,4-6,8H2,1-3H3,(H,20,25)(H,21,22,26);1-2H3. The highest BCUT2D eigenvalue weighted by Crippen LogP contribution is 2.26. The number of ether oxygens (including phenoxy) is 1. The van der Waals surface area contributed by atoms with Gasteiger partial charge in [-0.25, -0.2) is 9.78 Å². The second-order valence-corrected chi connectivity index (χ2v) is 7.78. The third kappa shape index (κ3) is 6.30. The number of rotatable bonds is 3. The molecule has 1 aliphatic rings. The van der Waals surface area contributed by atoms with Crippen molar-refractivity contribution in [1.82, 2.24) is 20.0 Å². The molecule has 3 N–H and O–H groups in total. The highest BCUT2D eigenvalue weighted by atomic mass is 16.6. The van der Waals surface area contributed by atoms with E-state index < -0.39 is 34.6 Å². The summed E-state index contributed by atoms with van der Waals surface area (Å²) in [4.78, 5) is 45.1. The molecule has 0 saturated carbocycles. The van der Waals surface area contributed by atoms with Gasteiger partial charge in [-0.1, -0.05) is 19.0 Å². The fourth-order valence-electron chi connectivity index (χ4n) is 2.99. The van der Waals surface area contributed by atoms with Gasteiger partial charge >= 0.3 is 6.09 Å². The number of H-pyrrole nitrogens is 1. The van der Waals surface area contributed by atoms with E-state index in [1.807, 2.05) is 13.8 Å². The van der Waals surface area contributed by atoms with Gasteiger partial charge in [0.25, 0.3) is 11.5 Å². The van der Waals surface area contributed by atoms with Crippen molar-refractivity contribution in [1.29, 1.82) is 0 Å². The van der Waals surface area contributed by atoms with Crippen LogP contribution in [0.5, 0.6) is 5.75 Å². The number of carbonyl (C=O) groups is 2. The second-order valence-electron chi connectivity index (χ2n) is 7.78. The van der Waals surface area contributed by atoms with Gasteiger partial charge in [0.05, 0.1) is 6.20 Å². The number of anilines is 1. The van der Waals surface area contributed by atoms with Crippen LogP contribution < -0.4 is 10.9 Å². The molecular formula is C20H29N5O6. The van der Waals surface area contributed by atoms with Crippen LogP contribution in [0.1, 0.15) is 69.7 Å². The number of piperidine rings is 1. The average molecular weight is 435 g/mol. The summed E-state index contributed by atoms with van der Waals surface area (Å²) >= 11 is 0. The fraction of sp³-hybridized carbons (Fsp3) is 0.550. The maximum atomic E-state index is 12.4. The fourth-order valence-corrected chi connectivity index (χ4v) is 2.99. The molecule has 1 aliphatic heterocycles. The third-order valence-corrected chi connectivity index (χ3v) is 4.28. The van der Waals surface area contributed by atoms with Crippen molar-refractivity contribution >= 4 is 17.7 Å². The first-order chi connectivity index (χ1) is 14.6. The summed E-state index contributed by atoms with van der Waals surface area (Å²) in [6.07, 6.45) is 3.34. The number of hydrogen-bond acceptors (Lipinski definition) is 8. The Bertz CT molecular complexity index is 948. The zero-order valence-electron chi connectivity index (χ0n) is 18.4. The summed E-state index contributed by atoms with van der Waals surface area (Å²) in [5.41, 5.74) is -1.62. The largest absolute Gasteiger partial charge is 0.501 e. The van der Waals surface area contributed by atoms with Gasteiger partial charge in [0.1, 0.15) is 23.4 Å². The van der Waals surface area contributed by atoms with E-state index in [0.29, 0.717) is 19.4 Å². The van der Waals surface area contributed by atoms with Crippen LogP contribution in [0.3, 0.4) is 0 Å². The Morgan fingerprint density at radius 2 is 2.06 bits per heavy atom. The molecule has 2 amide bonds. The van der Waals surface area contributed by atoms with Gasteiger partial charge in [0.2, 0.25) is 5.75 Å². The summed E-state index contributed by atoms with van der Waals surface area (Å²) in [7, 11) is 0. The van der Waals surface area contributed by atoms with Crippen LogP contribution in [-0.4, -0.2) is 55.8 Å². The minimum atomic E-state index is -0.833. The van der Waals surface area contributed by atoms with Crippen molar-refractivity contribution in [3.05, 3.63) is 34.3 Å². The van der Waals surface area contributed by atoms with E-state index in [2.05, 4.69) is 25.0 Å². The van der Waals surface area contributed by atoms with E-state index >= 15 is 0 Å². The average Bonchev–Trinajstić information content (AvgIpc) is 3.23. The van der Waals surface area contributed by atoms with Crippen LogP contribution in [0.25, 0.3) is 0 Å². The Labute approximate surface area is 179 Å². The Morgan fingerprint density at radius 1 is 1.35 bits per heavy atom. The smallest absolute Gasteiger partial charge is 0.410 e. The number of carbonyl (C=O) groups excluding carboxylic acids is 2. The molecule has 31 heavy (non-hydrogen) atoms. The van der Waals surface area contributed by atoms with Crippen molar-refractivity contribution in [3.8, 4) is 5.75 Å². The first-order valence-corrected chi connectivity index (χ1v) is 10.2. The highest BCUT2D eigenvalue weighted by Gasteiger charge is 2.30. The number of nitrogens with zero attached hydrogens (tertiary/aromatic N) is 3. The molecule has 3 heterocycles. The van der Waals surface area contributed by atoms with E-state index in [1.165, 1.54) is 12.5 Å². The van der Waals surface area contributed by atoms with Gasteiger partial charge in [0, 0.05) is 19.0 Å². The zero-order valence-corrected chi connectivity index (χ0v) is 18.4. The topological polar surface area (TPSA) is 151 Å². The number of nitrogens with one attached hydrogen (secondary N) is 2. The van der Waals surface area contributed by atoms with Crippen LogP contribution in [0, 0.1) is 0 Å². The van der Waals surface area contributed by atoms with Crippen molar-refractivity contribution < 1.29 is 24.0 Å². The number of aromatic hydroxyl groups is 1. The van der Waals surface area contributed by atoms with E-state index in [4.69, 9.17) is 4.74 Å². The van der Waals surface area contributed by atoms with Gasteiger partial charge in [-0.15, -0.1) is 0 Å². The van der Waals surface area contributed by atoms with Crippen molar-refractivity contribution in [2.24, 2.45) is 0 Å². The molecule has 0 bridgehead atoms. The van der Waals surface area contributed by atoms with Crippen molar-refractivity contribution in [2.45, 2.75) is 59.0 Å². The molecule has 170 valence electrons. The molecule has 2 aromatic heterocycles. The molecule has 0 aliphatic carbocycles. The van der Waals surface area contributed by atoms with Crippen LogP contribution in [-0.2, 0) is 4.74 Å². The predicted molar refractivity (Wildman–Crippen MR) is 112 cm³/mol. The highest BCUT2D eigenvalue weighted by molar-refractivity contribution is 6.04. The molecule has 11 heteroatoms. The molecule has 3 rings (SSSR count). The molecule has 1 atom stereocenters. The minimum Gasteiger partial charge on any atom is -0.501 e. The maximum absolute atomic E-state index is 12.4. The van der Waals surface area contributed by atoms with Crippen LogP contribution in [0.2, 0.25) is 0 Å². The van der Waals surface area contributed by atoms with E-state index in [-0.39, 0.29) is 24.0 Å². The van der Waals surface area contributed by atoms with E-state index in [0.717, 1.165) is 0 Å². The van der Waals surface area contributed by atoms with Gasteiger partial charge in [0.15, 0.2) is 5.69 Å². The van der Waals surface area contributed by atoms with Crippen molar-refractivity contribution in [2.75, 3.05) is 18.4 Å². The molecule has 11 nitrogen and oxygen atoms in total. The number of amides is 2. The van der Waals surface area contributed by atoms with E-state index in [9.17, 15) is 19.5 Å². The predicted octanol–water partition coefficient (Wildman–Crippen LogP) is 2.86. The lowest BCUT2D eigenvalue weighted by molar-refractivity contribution is 0.0195. The lowest BCUT2D eigenvalue weighted by atomic mass is 9.97. The van der Waals surface area contributed by atoms with Crippen LogP contribution in [0.4, 0.5) is 10.5 Å². The summed E-state index contributed by atoms with van der Waals surface area (Å²) in [5, 5.41) is 15.9. The van der Waals surface area contributed by atoms with Gasteiger partial charge in [-0.3, -0.25) is 9.59 Å². The Balaban J connectivity index is 0.00000166. The number of aromatic nitrogens is 3. The molecular weight excluding hydrogens is 406 g/mol. The number of aromatic amines is 1. The zero-order chi connectivity index (χ0) is 23.2. The molecule has 2 aromatic rings. The molecule has 0 aromatic carbocycles. The molecule has 1 fully saturated rings. The Morgan fingerprint density at radius 3 is 2.68 bits per heavy atom. The number of hydrogen-bond donors (Lipinski definition) is 3. The molecule has 1 unspecified atom stereocenters. The summed E-state index contributed by atoms with van der Waals surface area (Å²) in [6, 6.07) is 0. The monoisotopic (exact) mass is 435 g/mol. The third-order valence-electron chi connectivity index (χ3n) is 4.28. The SMILES string of the molecule is CC.CC(C)(C)OC(=O)N1CCCC(c2nc(C(=O)Nc3cnoc3)c(O)c(=O)[nH]2)C1. The van der Waals surface area contributed by atoms with Gasteiger partial charge in [-0.2, -0.15) is 0 Å². The summed E-state index contributed by atoms with van der Waals surface area (Å²) in [5.74, 6) is -1.66. The lowest BCUT2D eigenvalue weighted by Gasteiger charge is -2.33. The van der Waals surface area contributed by atoms with Crippen LogP contribution >= 0.6 is 0 Å². The minimum absolute atomic E-state index is 0.219. The first kappa shape index (κ1) is 23.9. The first-order valence-electron chi connectivity index (χ1n) is 10.2. The van der Waals surface area contributed by atoms with E-state index in [1.54, 1.807) is 25.7 Å². The molecule has 1 saturated heterocycles. The second kappa shape index (κ2) is 10.1. The molecule has 0 radical (unpaired) electrons. The maximum Gasteiger partial charge on any atom is 0.410 e. The Kier molecular flexibility index (Phi) is 7.78. The van der Waals surface area contributed by atoms with Gasteiger partial charge < -0.3 is 29.6 Å². The summed E-state index contributed by atoms with van der Waals surface area (Å²) in [6.45, 7) is 10.1. The number of likely N-dealkylation sites (tertiary alicyclic amines) is 1. The normalized spacial score (nSPS) is 16.2. The van der Waals surface area contributed by atoms with Gasteiger partial charge in [-0.05, 0) is 33.6 Å². The van der Waals surface area contributed by atoms with Crippen LogP contribution in [0.15, 0.2) is 21.8 Å². The molecule has 0 spiro atoms.